The Bertz CT molecular complexity index is 522. The molecule has 1 fully saturated rings. The summed E-state index contributed by atoms with van der Waals surface area (Å²) < 4.78 is 5.69. The minimum atomic E-state index is -0.171. The van der Waals surface area contributed by atoms with Crippen LogP contribution in [0.1, 0.15) is 28.8 Å². The molecule has 1 aromatic carbocycles. The third-order valence-electron chi connectivity index (χ3n) is 3.74. The number of hydrogen-bond donors (Lipinski definition) is 0. The van der Waals surface area contributed by atoms with Gasteiger partial charge < -0.3 is 9.64 Å². The molecule has 2 rings (SSSR count). The average Bonchev–Trinajstić information content (AvgIpc) is 2.48. The summed E-state index contributed by atoms with van der Waals surface area (Å²) in [7, 11) is 1.41. The van der Waals surface area contributed by atoms with Gasteiger partial charge in [-0.2, -0.15) is 0 Å². The van der Waals surface area contributed by atoms with Crippen molar-refractivity contribution in [2.75, 3.05) is 20.2 Å². The van der Waals surface area contributed by atoms with Crippen LogP contribution in [0.2, 0.25) is 0 Å². The molecule has 0 atom stereocenters. The number of esters is 1. The molecule has 0 bridgehead atoms. The van der Waals surface area contributed by atoms with Crippen LogP contribution in [0.5, 0.6) is 0 Å². The number of hydrogen-bond acceptors (Lipinski definition) is 3. The van der Waals surface area contributed by atoms with Crippen molar-refractivity contribution in [3.05, 3.63) is 33.8 Å². The number of rotatable bonds is 2. The van der Waals surface area contributed by atoms with Crippen LogP contribution in [0.25, 0.3) is 0 Å². The van der Waals surface area contributed by atoms with E-state index in [1.54, 1.807) is 4.90 Å². The molecule has 5 heteroatoms. The Balaban J connectivity index is 2.01. The van der Waals surface area contributed by atoms with Gasteiger partial charge in [-0.25, -0.2) is 0 Å². The zero-order valence-corrected chi connectivity index (χ0v) is 13.3. The first-order valence-corrected chi connectivity index (χ1v) is 7.45. The number of aryl methyl sites for hydroxylation is 1. The van der Waals surface area contributed by atoms with Gasteiger partial charge in [-0.15, -0.1) is 0 Å². The molecule has 0 aliphatic carbocycles. The second kappa shape index (κ2) is 6.39. The van der Waals surface area contributed by atoms with Crippen molar-refractivity contribution in [3.8, 4) is 0 Å². The highest BCUT2D eigenvalue weighted by molar-refractivity contribution is 9.10. The van der Waals surface area contributed by atoms with Crippen molar-refractivity contribution in [1.29, 1.82) is 0 Å². The fraction of sp³-hybridized carbons (Fsp3) is 0.467. The molecule has 108 valence electrons. The number of carbonyl (C=O) groups is 2. The lowest BCUT2D eigenvalue weighted by molar-refractivity contribution is -0.146. The zero-order valence-electron chi connectivity index (χ0n) is 11.7. The lowest BCUT2D eigenvalue weighted by Gasteiger charge is -2.30. The minimum Gasteiger partial charge on any atom is -0.469 e. The summed E-state index contributed by atoms with van der Waals surface area (Å²) >= 11 is 3.44. The number of ether oxygens (including phenoxy) is 1. The summed E-state index contributed by atoms with van der Waals surface area (Å²) in [6.07, 6.45) is 1.34. The third-order valence-corrected chi connectivity index (χ3v) is 4.59. The minimum absolute atomic E-state index is 0.0222. The summed E-state index contributed by atoms with van der Waals surface area (Å²) in [5.74, 6) is -0.224. The standard InChI is InChI=1S/C15H18BrNO3/c1-10-3-4-12(9-13(10)16)14(18)17-7-5-11(6-8-17)15(19)20-2/h3-4,9,11H,5-8H2,1-2H3. The van der Waals surface area contributed by atoms with E-state index in [2.05, 4.69) is 15.9 Å². The summed E-state index contributed by atoms with van der Waals surface area (Å²) in [5.41, 5.74) is 1.78. The Labute approximate surface area is 127 Å². The first-order chi connectivity index (χ1) is 9.52. The van der Waals surface area contributed by atoms with Crippen molar-refractivity contribution in [3.63, 3.8) is 0 Å². The molecule has 0 N–H and O–H groups in total. The maximum absolute atomic E-state index is 12.4. The molecule has 1 saturated heterocycles. The first-order valence-electron chi connectivity index (χ1n) is 6.66. The van der Waals surface area contributed by atoms with Crippen LogP contribution in [0.3, 0.4) is 0 Å². The van der Waals surface area contributed by atoms with E-state index in [1.165, 1.54) is 7.11 Å². The lowest BCUT2D eigenvalue weighted by Crippen LogP contribution is -2.40. The van der Waals surface area contributed by atoms with Crippen LogP contribution in [0, 0.1) is 12.8 Å². The zero-order chi connectivity index (χ0) is 14.7. The van der Waals surface area contributed by atoms with Crippen LogP contribution in [0.15, 0.2) is 22.7 Å². The number of carbonyl (C=O) groups excluding carboxylic acids is 2. The molecule has 0 unspecified atom stereocenters. The number of amides is 1. The normalized spacial score (nSPS) is 16.1. The fourth-order valence-electron chi connectivity index (χ4n) is 2.39. The number of nitrogens with zero attached hydrogens (tertiary/aromatic N) is 1. The second-order valence-corrected chi connectivity index (χ2v) is 5.91. The third kappa shape index (κ3) is 3.20. The molecule has 0 aromatic heterocycles. The molecule has 4 nitrogen and oxygen atoms in total. The highest BCUT2D eigenvalue weighted by Crippen LogP contribution is 2.22. The van der Waals surface area contributed by atoms with Crippen molar-refractivity contribution < 1.29 is 14.3 Å². The first kappa shape index (κ1) is 15.0. The monoisotopic (exact) mass is 339 g/mol. The summed E-state index contributed by atoms with van der Waals surface area (Å²) in [6, 6.07) is 5.62. The largest absolute Gasteiger partial charge is 0.469 e. The maximum Gasteiger partial charge on any atom is 0.308 e. The van der Waals surface area contributed by atoms with Gasteiger partial charge >= 0.3 is 5.97 Å². The number of benzene rings is 1. The molecule has 1 aromatic rings. The number of halogens is 1. The van der Waals surface area contributed by atoms with Gasteiger partial charge in [-0.3, -0.25) is 9.59 Å². The smallest absolute Gasteiger partial charge is 0.308 e. The average molecular weight is 340 g/mol. The van der Waals surface area contributed by atoms with Gasteiger partial charge in [0.25, 0.3) is 5.91 Å². The summed E-state index contributed by atoms with van der Waals surface area (Å²) in [5, 5.41) is 0. The molecule has 20 heavy (non-hydrogen) atoms. The Morgan fingerprint density at radius 1 is 1.30 bits per heavy atom. The van der Waals surface area contributed by atoms with Crippen LogP contribution in [0.4, 0.5) is 0 Å². The topological polar surface area (TPSA) is 46.6 Å². The van der Waals surface area contributed by atoms with Crippen molar-refractivity contribution >= 4 is 27.8 Å². The van der Waals surface area contributed by atoms with Gasteiger partial charge in [0.1, 0.15) is 0 Å². The van der Waals surface area contributed by atoms with Crippen molar-refractivity contribution in [2.24, 2.45) is 5.92 Å². The van der Waals surface area contributed by atoms with E-state index in [-0.39, 0.29) is 17.8 Å². The van der Waals surface area contributed by atoms with E-state index in [0.717, 1.165) is 10.0 Å². The predicted octanol–water partition coefficient (Wildman–Crippen LogP) is 2.78. The van der Waals surface area contributed by atoms with E-state index in [0.29, 0.717) is 31.5 Å². The highest BCUT2D eigenvalue weighted by Gasteiger charge is 2.28. The van der Waals surface area contributed by atoms with Crippen LogP contribution < -0.4 is 0 Å². The number of piperidine rings is 1. The summed E-state index contributed by atoms with van der Waals surface area (Å²) in [4.78, 5) is 25.7. The predicted molar refractivity (Wildman–Crippen MR) is 79.5 cm³/mol. The maximum atomic E-state index is 12.4. The number of methoxy groups -OCH3 is 1. The molecule has 0 saturated carbocycles. The van der Waals surface area contributed by atoms with E-state index in [1.807, 2.05) is 25.1 Å². The van der Waals surface area contributed by atoms with E-state index < -0.39 is 0 Å². The van der Waals surface area contributed by atoms with E-state index in [9.17, 15) is 9.59 Å². The molecule has 1 aliphatic heterocycles. The van der Waals surface area contributed by atoms with Gasteiger partial charge in [0.15, 0.2) is 0 Å². The van der Waals surface area contributed by atoms with Crippen LogP contribution in [-0.2, 0) is 9.53 Å². The molecule has 0 spiro atoms. The van der Waals surface area contributed by atoms with Crippen LogP contribution >= 0.6 is 15.9 Å². The number of likely N-dealkylation sites (tertiary alicyclic amines) is 1. The van der Waals surface area contributed by atoms with Gasteiger partial charge in [-0.1, -0.05) is 22.0 Å². The van der Waals surface area contributed by atoms with Gasteiger partial charge in [0.05, 0.1) is 13.0 Å². The second-order valence-electron chi connectivity index (χ2n) is 5.05. The Morgan fingerprint density at radius 2 is 1.95 bits per heavy atom. The van der Waals surface area contributed by atoms with Crippen molar-refractivity contribution in [2.45, 2.75) is 19.8 Å². The molecule has 1 aliphatic rings. The Morgan fingerprint density at radius 3 is 2.50 bits per heavy atom. The Hall–Kier alpha value is -1.36. The molecule has 1 amide bonds. The van der Waals surface area contributed by atoms with Gasteiger partial charge in [0, 0.05) is 23.1 Å². The summed E-state index contributed by atoms with van der Waals surface area (Å²) in [6.45, 7) is 3.19. The SMILES string of the molecule is COC(=O)C1CCN(C(=O)c2ccc(C)c(Br)c2)CC1. The quantitative estimate of drug-likeness (QED) is 0.778. The van der Waals surface area contributed by atoms with Gasteiger partial charge in [-0.05, 0) is 37.5 Å². The van der Waals surface area contributed by atoms with Gasteiger partial charge in [0.2, 0.25) is 0 Å². The molecule has 1 heterocycles. The van der Waals surface area contributed by atoms with E-state index in [4.69, 9.17) is 4.74 Å². The van der Waals surface area contributed by atoms with Crippen molar-refractivity contribution in [1.82, 2.24) is 4.90 Å². The molecule has 0 radical (unpaired) electrons. The molecular weight excluding hydrogens is 322 g/mol. The molecular formula is C15H18BrNO3. The van der Waals surface area contributed by atoms with Crippen LogP contribution in [-0.4, -0.2) is 37.0 Å². The lowest BCUT2D eigenvalue weighted by atomic mass is 9.96. The van der Waals surface area contributed by atoms with E-state index >= 15 is 0 Å². The highest BCUT2D eigenvalue weighted by atomic mass is 79.9. The Kier molecular flexibility index (Phi) is 4.81. The fourth-order valence-corrected chi connectivity index (χ4v) is 2.77.